The summed E-state index contributed by atoms with van der Waals surface area (Å²) in [6, 6.07) is 4.15. The number of hydrogen-bond donors (Lipinski definition) is 0. The van der Waals surface area contributed by atoms with E-state index in [1.165, 1.54) is 38.5 Å². The van der Waals surface area contributed by atoms with Crippen LogP contribution in [0.1, 0.15) is 50.0 Å². The second-order valence-electron chi connectivity index (χ2n) is 6.23. The number of rotatable bonds is 5. The van der Waals surface area contributed by atoms with Crippen molar-refractivity contribution in [3.05, 3.63) is 23.7 Å². The van der Waals surface area contributed by atoms with Crippen molar-refractivity contribution in [1.82, 2.24) is 4.90 Å². The van der Waals surface area contributed by atoms with Crippen molar-refractivity contribution in [1.29, 1.82) is 0 Å². The van der Waals surface area contributed by atoms with Gasteiger partial charge in [-0.15, -0.1) is 0 Å². The van der Waals surface area contributed by atoms with Crippen molar-refractivity contribution in [2.24, 2.45) is 5.41 Å². The Morgan fingerprint density at radius 3 is 2.42 bits per heavy atom. The maximum Gasteiger partial charge on any atom is 0.118 e. The first-order valence-electron chi connectivity index (χ1n) is 7.43. The summed E-state index contributed by atoms with van der Waals surface area (Å²) in [5.41, 5.74) is 0.465. The largest absolute Gasteiger partial charge is 0.465 e. The average molecular weight is 328 g/mol. The van der Waals surface area contributed by atoms with E-state index in [2.05, 4.69) is 40.0 Å². The lowest BCUT2D eigenvalue weighted by Gasteiger charge is -2.35. The Hall–Kier alpha value is -0.280. The SMILES string of the molecule is Cc1ccc(CN(C)CC2(CBr)CCCCCC2)o1. The van der Waals surface area contributed by atoms with E-state index >= 15 is 0 Å². The molecule has 0 aromatic carbocycles. The molecule has 108 valence electrons. The Labute approximate surface area is 125 Å². The molecule has 0 spiro atoms. The number of aryl methyl sites for hydroxylation is 1. The first kappa shape index (κ1) is 15.1. The molecule has 0 N–H and O–H groups in total. The molecular weight excluding hydrogens is 302 g/mol. The average Bonchev–Trinajstić information content (AvgIpc) is 2.65. The van der Waals surface area contributed by atoms with Gasteiger partial charge in [-0.05, 0) is 44.4 Å². The van der Waals surface area contributed by atoms with Crippen molar-refractivity contribution < 1.29 is 4.42 Å². The summed E-state index contributed by atoms with van der Waals surface area (Å²) in [5.74, 6) is 2.09. The molecule has 19 heavy (non-hydrogen) atoms. The zero-order chi connectivity index (χ0) is 13.7. The van der Waals surface area contributed by atoms with Gasteiger partial charge < -0.3 is 4.42 Å². The van der Waals surface area contributed by atoms with Gasteiger partial charge in [0, 0.05) is 11.9 Å². The molecule has 0 atom stereocenters. The molecule has 1 saturated carbocycles. The number of furan rings is 1. The quantitative estimate of drug-likeness (QED) is 0.572. The fourth-order valence-electron chi connectivity index (χ4n) is 3.28. The summed E-state index contributed by atoms with van der Waals surface area (Å²) < 4.78 is 5.68. The lowest BCUT2D eigenvalue weighted by Crippen LogP contribution is -2.36. The highest BCUT2D eigenvalue weighted by atomic mass is 79.9. The van der Waals surface area contributed by atoms with Crippen LogP contribution < -0.4 is 0 Å². The third-order valence-corrected chi connectivity index (χ3v) is 5.46. The van der Waals surface area contributed by atoms with Crippen LogP contribution in [-0.4, -0.2) is 23.8 Å². The first-order chi connectivity index (χ1) is 9.13. The molecule has 3 heteroatoms. The van der Waals surface area contributed by atoms with Gasteiger partial charge in [-0.1, -0.05) is 41.6 Å². The van der Waals surface area contributed by atoms with Crippen LogP contribution in [0.25, 0.3) is 0 Å². The lowest BCUT2D eigenvalue weighted by atomic mass is 9.82. The number of halogens is 1. The van der Waals surface area contributed by atoms with Gasteiger partial charge in [-0.2, -0.15) is 0 Å². The third kappa shape index (κ3) is 4.35. The minimum Gasteiger partial charge on any atom is -0.465 e. The van der Waals surface area contributed by atoms with E-state index in [0.717, 1.165) is 29.9 Å². The summed E-state index contributed by atoms with van der Waals surface area (Å²) >= 11 is 3.77. The number of hydrogen-bond acceptors (Lipinski definition) is 2. The Morgan fingerprint density at radius 1 is 1.21 bits per heavy atom. The van der Waals surface area contributed by atoms with E-state index in [0.29, 0.717) is 5.41 Å². The molecule has 2 rings (SSSR count). The monoisotopic (exact) mass is 327 g/mol. The van der Waals surface area contributed by atoms with E-state index in [9.17, 15) is 0 Å². The Balaban J connectivity index is 1.93. The van der Waals surface area contributed by atoms with Crippen LogP contribution >= 0.6 is 15.9 Å². The van der Waals surface area contributed by atoms with Gasteiger partial charge in [0.1, 0.15) is 11.5 Å². The molecule has 1 aromatic rings. The van der Waals surface area contributed by atoms with Gasteiger partial charge in [-0.25, -0.2) is 0 Å². The van der Waals surface area contributed by atoms with Crippen molar-refractivity contribution >= 4 is 15.9 Å². The molecule has 1 aliphatic carbocycles. The van der Waals surface area contributed by atoms with Crippen molar-refractivity contribution in [3.8, 4) is 0 Å². The Morgan fingerprint density at radius 2 is 1.89 bits per heavy atom. The smallest absolute Gasteiger partial charge is 0.118 e. The molecule has 0 aliphatic heterocycles. The van der Waals surface area contributed by atoms with Crippen LogP contribution in [0.4, 0.5) is 0 Å². The van der Waals surface area contributed by atoms with E-state index < -0.39 is 0 Å². The summed E-state index contributed by atoms with van der Waals surface area (Å²) in [6.45, 7) is 4.09. The van der Waals surface area contributed by atoms with Crippen molar-refractivity contribution in [3.63, 3.8) is 0 Å². The van der Waals surface area contributed by atoms with Gasteiger partial charge >= 0.3 is 0 Å². The van der Waals surface area contributed by atoms with Crippen LogP contribution in [0.3, 0.4) is 0 Å². The molecule has 0 amide bonds. The van der Waals surface area contributed by atoms with E-state index in [1.807, 2.05) is 6.92 Å². The van der Waals surface area contributed by atoms with Crippen LogP contribution in [0.2, 0.25) is 0 Å². The minimum absolute atomic E-state index is 0.465. The van der Waals surface area contributed by atoms with E-state index in [1.54, 1.807) is 0 Å². The molecule has 2 nitrogen and oxygen atoms in total. The van der Waals surface area contributed by atoms with Crippen molar-refractivity contribution in [2.45, 2.75) is 52.0 Å². The molecule has 1 fully saturated rings. The first-order valence-corrected chi connectivity index (χ1v) is 8.56. The maximum atomic E-state index is 5.68. The van der Waals surface area contributed by atoms with E-state index in [-0.39, 0.29) is 0 Å². The van der Waals surface area contributed by atoms with Gasteiger partial charge in [0.05, 0.1) is 6.54 Å². The second-order valence-corrected chi connectivity index (χ2v) is 6.79. The normalized spacial score (nSPS) is 19.6. The fraction of sp³-hybridized carbons (Fsp3) is 0.750. The molecule has 0 saturated heterocycles. The predicted octanol–water partition coefficient (Wildman–Crippen LogP) is 4.76. The summed E-state index contributed by atoms with van der Waals surface area (Å²) in [7, 11) is 2.22. The molecule has 0 radical (unpaired) electrons. The molecular formula is C16H26BrNO. The van der Waals surface area contributed by atoms with Crippen LogP contribution in [0, 0.1) is 12.3 Å². The highest BCUT2D eigenvalue weighted by Gasteiger charge is 2.31. The number of alkyl halides is 1. The topological polar surface area (TPSA) is 16.4 Å². The zero-order valence-corrected chi connectivity index (χ0v) is 13.8. The summed E-state index contributed by atoms with van der Waals surface area (Å²) in [6.07, 6.45) is 8.32. The highest BCUT2D eigenvalue weighted by Crippen LogP contribution is 2.37. The fourth-order valence-corrected chi connectivity index (χ4v) is 4.02. The predicted molar refractivity (Wildman–Crippen MR) is 83.7 cm³/mol. The zero-order valence-electron chi connectivity index (χ0n) is 12.3. The molecule has 0 unspecified atom stereocenters. The van der Waals surface area contributed by atoms with Crippen LogP contribution in [-0.2, 0) is 6.54 Å². The molecule has 1 heterocycles. The van der Waals surface area contributed by atoms with Gasteiger partial charge in [0.15, 0.2) is 0 Å². The molecule has 1 aromatic heterocycles. The third-order valence-electron chi connectivity index (χ3n) is 4.27. The summed E-state index contributed by atoms with van der Waals surface area (Å²) in [5, 5.41) is 1.13. The molecule has 1 aliphatic rings. The summed E-state index contributed by atoms with van der Waals surface area (Å²) in [4.78, 5) is 2.42. The van der Waals surface area contributed by atoms with Gasteiger partial charge in [0.2, 0.25) is 0 Å². The Bertz CT molecular complexity index is 380. The number of nitrogens with zero attached hydrogens (tertiary/aromatic N) is 1. The van der Waals surface area contributed by atoms with Crippen molar-refractivity contribution in [2.75, 3.05) is 18.9 Å². The highest BCUT2D eigenvalue weighted by molar-refractivity contribution is 9.09. The van der Waals surface area contributed by atoms with E-state index in [4.69, 9.17) is 4.42 Å². The Kier molecular flexibility index (Phi) is 5.52. The minimum atomic E-state index is 0.465. The standard InChI is InChI=1S/C16H26BrNO/c1-14-7-8-15(19-14)11-18(2)13-16(12-17)9-5-3-4-6-10-16/h7-8H,3-6,9-13H2,1-2H3. The lowest BCUT2D eigenvalue weighted by molar-refractivity contribution is 0.163. The van der Waals surface area contributed by atoms with Crippen LogP contribution in [0.5, 0.6) is 0 Å². The molecule has 0 bridgehead atoms. The van der Waals surface area contributed by atoms with Gasteiger partial charge in [-0.3, -0.25) is 4.90 Å². The van der Waals surface area contributed by atoms with Crippen LogP contribution in [0.15, 0.2) is 16.5 Å². The second kappa shape index (κ2) is 6.94. The van der Waals surface area contributed by atoms with Gasteiger partial charge in [0.25, 0.3) is 0 Å². The maximum absolute atomic E-state index is 5.68.